The van der Waals surface area contributed by atoms with Crippen molar-refractivity contribution in [2.75, 3.05) is 16.8 Å². The van der Waals surface area contributed by atoms with Crippen LogP contribution in [0.3, 0.4) is 0 Å². The first-order chi connectivity index (χ1) is 12.1. The van der Waals surface area contributed by atoms with Crippen LogP contribution in [0, 0.1) is 18.6 Å². The highest BCUT2D eigenvalue weighted by molar-refractivity contribution is 5.68. The number of nitrogens with one attached hydrogen (secondary N) is 1. The van der Waals surface area contributed by atoms with Gasteiger partial charge in [0.2, 0.25) is 5.95 Å². The predicted molar refractivity (Wildman–Crippen MR) is 93.6 cm³/mol. The minimum Gasteiger partial charge on any atom is -0.326 e. The molecule has 1 aliphatic heterocycles. The summed E-state index contributed by atoms with van der Waals surface area (Å²) < 4.78 is 27.7. The van der Waals surface area contributed by atoms with Crippen molar-refractivity contribution in [2.24, 2.45) is 0 Å². The second kappa shape index (κ2) is 6.12. The number of rotatable bonds is 3. The predicted octanol–water partition coefficient (Wildman–Crippen LogP) is 4.50. The van der Waals surface area contributed by atoms with Gasteiger partial charge in [0, 0.05) is 24.0 Å². The molecule has 4 nitrogen and oxygen atoms in total. The van der Waals surface area contributed by atoms with Gasteiger partial charge in [0.1, 0.15) is 23.1 Å². The molecule has 25 heavy (non-hydrogen) atoms. The summed E-state index contributed by atoms with van der Waals surface area (Å²) in [4.78, 5) is 10.8. The third-order valence-electron chi connectivity index (χ3n) is 4.20. The van der Waals surface area contributed by atoms with Gasteiger partial charge in [-0.15, -0.1) is 0 Å². The second-order valence-corrected chi connectivity index (χ2v) is 5.94. The maximum absolute atomic E-state index is 13.9. The zero-order chi connectivity index (χ0) is 17.4. The molecule has 0 saturated carbocycles. The molecule has 126 valence electrons. The molecule has 1 aliphatic rings. The normalized spacial score (nSPS) is 13.0. The molecule has 0 unspecified atom stereocenters. The molecule has 2 heterocycles. The van der Waals surface area contributed by atoms with Gasteiger partial charge in [-0.2, -0.15) is 4.98 Å². The largest absolute Gasteiger partial charge is 0.326 e. The fourth-order valence-corrected chi connectivity index (χ4v) is 3.05. The molecule has 0 saturated heterocycles. The number of aromatic nitrogens is 2. The van der Waals surface area contributed by atoms with E-state index in [0.29, 0.717) is 11.5 Å². The van der Waals surface area contributed by atoms with E-state index < -0.39 is 11.6 Å². The van der Waals surface area contributed by atoms with Crippen LogP contribution in [0.25, 0.3) is 0 Å². The van der Waals surface area contributed by atoms with Crippen molar-refractivity contribution in [3.63, 3.8) is 0 Å². The smallest absolute Gasteiger partial charge is 0.229 e. The van der Waals surface area contributed by atoms with Crippen molar-refractivity contribution in [3.05, 3.63) is 71.4 Å². The summed E-state index contributed by atoms with van der Waals surface area (Å²) in [5, 5.41) is 2.67. The van der Waals surface area contributed by atoms with Gasteiger partial charge in [-0.1, -0.05) is 24.3 Å². The van der Waals surface area contributed by atoms with Crippen LogP contribution in [0.5, 0.6) is 0 Å². The van der Waals surface area contributed by atoms with E-state index in [-0.39, 0.29) is 11.6 Å². The summed E-state index contributed by atoms with van der Waals surface area (Å²) in [6.07, 6.45) is 0.934. The van der Waals surface area contributed by atoms with Gasteiger partial charge >= 0.3 is 0 Å². The van der Waals surface area contributed by atoms with Crippen molar-refractivity contribution in [2.45, 2.75) is 13.3 Å². The summed E-state index contributed by atoms with van der Waals surface area (Å²) in [7, 11) is 0. The molecule has 2 aromatic carbocycles. The van der Waals surface area contributed by atoms with Gasteiger partial charge in [-0.3, -0.25) is 0 Å². The molecule has 1 N–H and O–H groups in total. The molecule has 3 aromatic rings. The lowest BCUT2D eigenvalue weighted by Crippen LogP contribution is -2.16. The summed E-state index contributed by atoms with van der Waals surface area (Å²) in [5.74, 6) is -0.489. The number of para-hydroxylation sites is 2. The number of nitrogens with zero attached hydrogens (tertiary/aromatic N) is 3. The lowest BCUT2D eigenvalue weighted by Gasteiger charge is -2.19. The summed E-state index contributed by atoms with van der Waals surface area (Å²) in [6, 6.07) is 13.7. The lowest BCUT2D eigenvalue weighted by atomic mass is 10.2. The zero-order valence-electron chi connectivity index (χ0n) is 13.6. The summed E-state index contributed by atoms with van der Waals surface area (Å²) >= 11 is 0. The van der Waals surface area contributed by atoms with Crippen LogP contribution in [0.1, 0.15) is 11.3 Å². The Labute approximate surface area is 144 Å². The SMILES string of the molecule is Cc1cc(N2CCc3ccccc32)nc(Nc2c(F)cccc2F)n1. The number of benzene rings is 2. The number of anilines is 4. The van der Waals surface area contributed by atoms with E-state index in [9.17, 15) is 8.78 Å². The molecule has 0 fully saturated rings. The molecule has 0 spiro atoms. The highest BCUT2D eigenvalue weighted by Crippen LogP contribution is 2.34. The van der Waals surface area contributed by atoms with Gasteiger partial charge in [0.15, 0.2) is 0 Å². The molecular weight excluding hydrogens is 322 g/mol. The minimum absolute atomic E-state index is 0.170. The van der Waals surface area contributed by atoms with Crippen LogP contribution in [-0.4, -0.2) is 16.5 Å². The number of halogens is 2. The van der Waals surface area contributed by atoms with Gasteiger partial charge in [-0.25, -0.2) is 13.8 Å². The molecule has 0 aliphatic carbocycles. The summed E-state index contributed by atoms with van der Waals surface area (Å²) in [6.45, 7) is 2.64. The first-order valence-electron chi connectivity index (χ1n) is 8.04. The average molecular weight is 338 g/mol. The van der Waals surface area contributed by atoms with Crippen molar-refractivity contribution in [3.8, 4) is 0 Å². The van der Waals surface area contributed by atoms with E-state index >= 15 is 0 Å². The van der Waals surface area contributed by atoms with Crippen LogP contribution in [0.4, 0.5) is 31.9 Å². The molecule has 0 radical (unpaired) electrons. The number of hydrogen-bond donors (Lipinski definition) is 1. The quantitative estimate of drug-likeness (QED) is 0.763. The summed E-state index contributed by atoms with van der Waals surface area (Å²) in [5.41, 5.74) is 2.83. The topological polar surface area (TPSA) is 41.1 Å². The Balaban J connectivity index is 1.71. The Morgan fingerprint density at radius 3 is 2.56 bits per heavy atom. The second-order valence-electron chi connectivity index (χ2n) is 5.94. The Bertz CT molecular complexity index is 922. The van der Waals surface area contributed by atoms with Gasteiger partial charge in [0.05, 0.1) is 0 Å². The van der Waals surface area contributed by atoms with E-state index in [0.717, 1.165) is 18.7 Å². The fourth-order valence-electron chi connectivity index (χ4n) is 3.05. The Kier molecular flexibility index (Phi) is 3.80. The molecular formula is C19H16F2N4. The number of hydrogen-bond acceptors (Lipinski definition) is 4. The number of fused-ring (bicyclic) bond motifs is 1. The maximum Gasteiger partial charge on any atom is 0.229 e. The third kappa shape index (κ3) is 2.91. The number of aryl methyl sites for hydroxylation is 1. The third-order valence-corrected chi connectivity index (χ3v) is 4.20. The van der Waals surface area contributed by atoms with Crippen LogP contribution in [0.15, 0.2) is 48.5 Å². The lowest BCUT2D eigenvalue weighted by molar-refractivity contribution is 0.590. The first kappa shape index (κ1) is 15.5. The molecule has 0 bridgehead atoms. The van der Waals surface area contributed by atoms with E-state index in [1.807, 2.05) is 31.2 Å². The average Bonchev–Trinajstić information content (AvgIpc) is 3.02. The van der Waals surface area contributed by atoms with Crippen LogP contribution >= 0.6 is 0 Å². The van der Waals surface area contributed by atoms with Crippen molar-refractivity contribution in [1.82, 2.24) is 9.97 Å². The fraction of sp³-hybridized carbons (Fsp3) is 0.158. The van der Waals surface area contributed by atoms with Crippen molar-refractivity contribution >= 4 is 23.1 Å². The van der Waals surface area contributed by atoms with Gasteiger partial charge < -0.3 is 10.2 Å². The van der Waals surface area contributed by atoms with Crippen molar-refractivity contribution in [1.29, 1.82) is 0 Å². The monoisotopic (exact) mass is 338 g/mol. The van der Waals surface area contributed by atoms with E-state index in [2.05, 4.69) is 26.3 Å². The van der Waals surface area contributed by atoms with Crippen LogP contribution in [0.2, 0.25) is 0 Å². The highest BCUT2D eigenvalue weighted by atomic mass is 19.1. The van der Waals surface area contributed by atoms with Gasteiger partial charge in [0.25, 0.3) is 0 Å². The van der Waals surface area contributed by atoms with E-state index in [1.165, 1.54) is 23.8 Å². The molecule has 6 heteroatoms. The Morgan fingerprint density at radius 2 is 1.76 bits per heavy atom. The van der Waals surface area contributed by atoms with E-state index in [4.69, 9.17) is 0 Å². The van der Waals surface area contributed by atoms with Crippen molar-refractivity contribution < 1.29 is 8.78 Å². The first-order valence-corrected chi connectivity index (χ1v) is 8.04. The Morgan fingerprint density at radius 1 is 1.00 bits per heavy atom. The van der Waals surface area contributed by atoms with Crippen LogP contribution < -0.4 is 10.2 Å². The zero-order valence-corrected chi connectivity index (χ0v) is 13.6. The molecule has 4 rings (SSSR count). The molecule has 0 amide bonds. The molecule has 1 aromatic heterocycles. The standard InChI is InChI=1S/C19H16F2N4/c1-12-11-17(25-10-9-13-5-2-3-8-16(13)25)23-19(22-12)24-18-14(20)6-4-7-15(18)21/h2-8,11H,9-10H2,1H3,(H,22,23,24). The van der Waals surface area contributed by atoms with Gasteiger partial charge in [-0.05, 0) is 37.1 Å². The Hall–Kier alpha value is -3.02. The molecule has 0 atom stereocenters. The highest BCUT2D eigenvalue weighted by Gasteiger charge is 2.22. The minimum atomic E-state index is -0.682. The maximum atomic E-state index is 13.9. The van der Waals surface area contributed by atoms with E-state index in [1.54, 1.807) is 0 Å². The van der Waals surface area contributed by atoms with Crippen LogP contribution in [-0.2, 0) is 6.42 Å².